The lowest BCUT2D eigenvalue weighted by molar-refractivity contribution is 0.297. The number of hydrogen-bond acceptors (Lipinski definition) is 3. The molecule has 0 heterocycles. The van der Waals surface area contributed by atoms with Gasteiger partial charge in [0.25, 0.3) is 0 Å². The van der Waals surface area contributed by atoms with Crippen molar-refractivity contribution in [2.75, 3.05) is 13.7 Å². The Bertz CT molecular complexity index is 825. The van der Waals surface area contributed by atoms with Crippen molar-refractivity contribution in [1.82, 2.24) is 5.32 Å². The number of ether oxygens (including phenoxy) is 2. The molecular weight excluding hydrogens is 370 g/mol. The van der Waals surface area contributed by atoms with E-state index >= 15 is 0 Å². The molecule has 28 heavy (non-hydrogen) atoms. The van der Waals surface area contributed by atoms with Crippen LogP contribution in [0.15, 0.2) is 78.9 Å². The van der Waals surface area contributed by atoms with Crippen LogP contribution < -0.4 is 14.8 Å². The summed E-state index contributed by atoms with van der Waals surface area (Å²) in [5.74, 6) is 1.56. The van der Waals surface area contributed by atoms with Gasteiger partial charge in [-0.3, -0.25) is 0 Å². The van der Waals surface area contributed by atoms with Crippen LogP contribution in [0.3, 0.4) is 0 Å². The first kappa shape index (κ1) is 21.8. The van der Waals surface area contributed by atoms with Crippen molar-refractivity contribution in [2.24, 2.45) is 0 Å². The summed E-state index contributed by atoms with van der Waals surface area (Å²) in [5.41, 5.74) is 3.72. The molecule has 1 N–H and O–H groups in total. The summed E-state index contributed by atoms with van der Waals surface area (Å²) in [5, 5.41) is 3.55. The molecule has 3 nitrogen and oxygen atoms in total. The van der Waals surface area contributed by atoms with Crippen LogP contribution in [0.1, 0.15) is 29.7 Å². The normalized spacial score (nSPS) is 11.4. The van der Waals surface area contributed by atoms with Gasteiger partial charge in [-0.25, -0.2) is 0 Å². The minimum absolute atomic E-state index is 0. The minimum atomic E-state index is 0. The van der Waals surface area contributed by atoms with Crippen molar-refractivity contribution in [2.45, 2.75) is 25.9 Å². The van der Waals surface area contributed by atoms with E-state index in [0.29, 0.717) is 12.6 Å². The van der Waals surface area contributed by atoms with E-state index in [1.54, 1.807) is 7.11 Å². The molecule has 0 aliphatic heterocycles. The van der Waals surface area contributed by atoms with Crippen LogP contribution in [0.2, 0.25) is 0 Å². The molecule has 4 heteroatoms. The largest absolute Gasteiger partial charge is 0.493 e. The molecule has 0 saturated carbocycles. The van der Waals surface area contributed by atoms with Crippen LogP contribution in [-0.4, -0.2) is 13.7 Å². The van der Waals surface area contributed by atoms with Gasteiger partial charge in [0.05, 0.1) is 13.7 Å². The molecule has 0 saturated heterocycles. The Morgan fingerprint density at radius 2 is 1.50 bits per heavy atom. The zero-order valence-corrected chi connectivity index (χ0v) is 17.2. The summed E-state index contributed by atoms with van der Waals surface area (Å²) in [6, 6.07) is 27.2. The molecule has 3 aromatic carbocycles. The number of methoxy groups -OCH3 is 1. The third-order valence-corrected chi connectivity index (χ3v) is 4.63. The second kappa shape index (κ2) is 11.4. The maximum absolute atomic E-state index is 5.94. The van der Waals surface area contributed by atoms with E-state index < -0.39 is 0 Å². The highest BCUT2D eigenvalue weighted by Crippen LogP contribution is 2.28. The second-order valence-corrected chi connectivity index (χ2v) is 6.58. The van der Waals surface area contributed by atoms with E-state index in [1.807, 2.05) is 36.4 Å². The number of nitrogens with one attached hydrogen (secondary N) is 1. The Morgan fingerprint density at radius 1 is 0.821 bits per heavy atom. The van der Waals surface area contributed by atoms with Crippen molar-refractivity contribution in [3.8, 4) is 11.5 Å². The van der Waals surface area contributed by atoms with Gasteiger partial charge in [-0.05, 0) is 35.7 Å². The van der Waals surface area contributed by atoms with Gasteiger partial charge in [-0.1, -0.05) is 66.7 Å². The van der Waals surface area contributed by atoms with Crippen LogP contribution >= 0.6 is 12.4 Å². The monoisotopic (exact) mass is 397 g/mol. The lowest BCUT2D eigenvalue weighted by Gasteiger charge is -2.16. The van der Waals surface area contributed by atoms with Gasteiger partial charge >= 0.3 is 0 Å². The molecule has 0 fully saturated rings. The van der Waals surface area contributed by atoms with E-state index in [0.717, 1.165) is 24.5 Å². The smallest absolute Gasteiger partial charge is 0.161 e. The van der Waals surface area contributed by atoms with Gasteiger partial charge in [-0.2, -0.15) is 0 Å². The minimum Gasteiger partial charge on any atom is -0.493 e. The molecule has 0 bridgehead atoms. The second-order valence-electron chi connectivity index (χ2n) is 6.58. The molecule has 0 amide bonds. The van der Waals surface area contributed by atoms with Crippen LogP contribution in [0.4, 0.5) is 0 Å². The van der Waals surface area contributed by atoms with Crippen LogP contribution in [0.25, 0.3) is 0 Å². The zero-order valence-electron chi connectivity index (χ0n) is 16.4. The predicted octanol–water partition coefficient (Wildman–Crippen LogP) is 5.59. The Balaban J connectivity index is 0.00000280. The highest BCUT2D eigenvalue weighted by atomic mass is 35.5. The van der Waals surface area contributed by atoms with Gasteiger partial charge in [0.1, 0.15) is 0 Å². The Labute approximate surface area is 174 Å². The lowest BCUT2D eigenvalue weighted by atomic mass is 10.1. The summed E-state index contributed by atoms with van der Waals surface area (Å²) in [6.45, 7) is 3.58. The third kappa shape index (κ3) is 6.29. The van der Waals surface area contributed by atoms with Gasteiger partial charge in [-0.15, -0.1) is 12.4 Å². The molecule has 1 unspecified atom stereocenters. The predicted molar refractivity (Wildman–Crippen MR) is 118 cm³/mol. The van der Waals surface area contributed by atoms with E-state index in [-0.39, 0.29) is 12.4 Å². The molecular formula is C24H28ClNO2. The summed E-state index contributed by atoms with van der Waals surface area (Å²) < 4.78 is 11.5. The van der Waals surface area contributed by atoms with Gasteiger partial charge in [0, 0.05) is 19.0 Å². The van der Waals surface area contributed by atoms with Crippen LogP contribution in [0.5, 0.6) is 11.5 Å². The average Bonchev–Trinajstić information content (AvgIpc) is 2.74. The van der Waals surface area contributed by atoms with E-state index in [1.165, 1.54) is 16.7 Å². The summed E-state index contributed by atoms with van der Waals surface area (Å²) >= 11 is 0. The third-order valence-electron chi connectivity index (χ3n) is 4.63. The fourth-order valence-electron chi connectivity index (χ4n) is 3.00. The molecule has 0 aromatic heterocycles. The summed E-state index contributed by atoms with van der Waals surface area (Å²) in [6.07, 6.45) is 0.877. The van der Waals surface area contributed by atoms with Crippen molar-refractivity contribution in [3.63, 3.8) is 0 Å². The van der Waals surface area contributed by atoms with Crippen molar-refractivity contribution >= 4 is 12.4 Å². The highest BCUT2D eigenvalue weighted by Gasteiger charge is 2.08. The van der Waals surface area contributed by atoms with Crippen molar-refractivity contribution in [3.05, 3.63) is 95.6 Å². The first-order chi connectivity index (χ1) is 13.3. The molecule has 0 radical (unpaired) electrons. The van der Waals surface area contributed by atoms with Gasteiger partial charge < -0.3 is 14.8 Å². The van der Waals surface area contributed by atoms with Crippen LogP contribution in [-0.2, 0) is 13.0 Å². The molecule has 0 aliphatic carbocycles. The first-order valence-electron chi connectivity index (χ1n) is 9.38. The fraction of sp³-hybridized carbons (Fsp3) is 0.250. The topological polar surface area (TPSA) is 30.5 Å². The first-order valence-corrected chi connectivity index (χ1v) is 9.38. The number of halogens is 1. The lowest BCUT2D eigenvalue weighted by Crippen LogP contribution is -2.18. The van der Waals surface area contributed by atoms with Gasteiger partial charge in [0.15, 0.2) is 11.5 Å². The Morgan fingerprint density at radius 3 is 2.18 bits per heavy atom. The molecule has 148 valence electrons. The van der Waals surface area contributed by atoms with Gasteiger partial charge in [0.2, 0.25) is 0 Å². The average molecular weight is 398 g/mol. The molecule has 3 rings (SSSR count). The number of rotatable bonds is 9. The van der Waals surface area contributed by atoms with Crippen molar-refractivity contribution < 1.29 is 9.47 Å². The molecule has 3 aromatic rings. The quantitative estimate of drug-likeness (QED) is 0.510. The highest BCUT2D eigenvalue weighted by molar-refractivity contribution is 5.85. The number of benzene rings is 3. The molecule has 1 atom stereocenters. The summed E-state index contributed by atoms with van der Waals surface area (Å²) in [7, 11) is 1.68. The number of hydrogen-bond donors (Lipinski definition) is 1. The fourth-order valence-corrected chi connectivity index (χ4v) is 3.00. The maximum Gasteiger partial charge on any atom is 0.161 e. The van der Waals surface area contributed by atoms with Crippen molar-refractivity contribution in [1.29, 1.82) is 0 Å². The van der Waals surface area contributed by atoms with Crippen LogP contribution in [0, 0.1) is 0 Å². The molecule has 0 spiro atoms. The zero-order chi connectivity index (χ0) is 18.9. The summed E-state index contributed by atoms with van der Waals surface area (Å²) in [4.78, 5) is 0. The Kier molecular flexibility index (Phi) is 8.86. The molecule has 0 aliphatic rings. The standard InChI is InChI=1S/C24H27NO2.ClH/c1-19(22-11-7-4-8-12-22)25-18-21-13-14-23(24(17-21)26-2)27-16-15-20-9-5-3-6-10-20;/h3-14,17,19,25H,15-16,18H2,1-2H3;1H. The van der Waals surface area contributed by atoms with E-state index in [4.69, 9.17) is 9.47 Å². The Hall–Kier alpha value is -2.49. The SMILES string of the molecule is COc1cc(CNC(C)c2ccccc2)ccc1OCCc1ccccc1.Cl. The maximum atomic E-state index is 5.94. The van der Waals surface area contributed by atoms with E-state index in [2.05, 4.69) is 54.7 Å². The van der Waals surface area contributed by atoms with E-state index in [9.17, 15) is 0 Å².